The van der Waals surface area contributed by atoms with Crippen molar-refractivity contribution in [2.45, 2.75) is 44.4 Å². The minimum atomic E-state index is -0.810. The van der Waals surface area contributed by atoms with E-state index in [0.29, 0.717) is 47.7 Å². The Morgan fingerprint density at radius 1 is 0.659 bits per heavy atom. The van der Waals surface area contributed by atoms with Crippen LogP contribution in [0.2, 0.25) is 0 Å². The molecular formula is C37H32O7. The van der Waals surface area contributed by atoms with Crippen molar-refractivity contribution in [1.29, 1.82) is 0 Å². The van der Waals surface area contributed by atoms with Gasteiger partial charge in [0.25, 0.3) is 0 Å². The van der Waals surface area contributed by atoms with Crippen molar-refractivity contribution in [2.24, 2.45) is 0 Å². The minimum Gasteiger partial charge on any atom is -0.459 e. The fourth-order valence-electron chi connectivity index (χ4n) is 5.65. The van der Waals surface area contributed by atoms with E-state index in [-0.39, 0.29) is 6.61 Å². The molecule has 7 rings (SSSR count). The molecule has 1 saturated heterocycles. The van der Waals surface area contributed by atoms with E-state index >= 15 is 0 Å². The van der Waals surface area contributed by atoms with Crippen LogP contribution >= 0.6 is 0 Å². The predicted molar refractivity (Wildman–Crippen MR) is 166 cm³/mol. The van der Waals surface area contributed by atoms with Gasteiger partial charge in [-0.05, 0) is 34.9 Å². The lowest BCUT2D eigenvalue weighted by Gasteiger charge is -2.44. The van der Waals surface area contributed by atoms with E-state index in [2.05, 4.69) is 0 Å². The molecule has 4 aromatic carbocycles. The van der Waals surface area contributed by atoms with Crippen molar-refractivity contribution in [3.8, 4) is 5.75 Å². The fraction of sp³-hybridized carbons (Fsp3) is 0.216. The summed E-state index contributed by atoms with van der Waals surface area (Å²) < 4.78 is 38.1. The van der Waals surface area contributed by atoms with Gasteiger partial charge in [0.2, 0.25) is 6.29 Å². The third-order valence-electron chi connectivity index (χ3n) is 7.85. The highest BCUT2D eigenvalue weighted by molar-refractivity contribution is 5.88. The van der Waals surface area contributed by atoms with Gasteiger partial charge in [-0.2, -0.15) is 0 Å². The number of ether oxygens (including phenoxy) is 5. The molecule has 3 heterocycles. The van der Waals surface area contributed by atoms with Gasteiger partial charge in [0.05, 0.1) is 31.8 Å². The number of hydrogen-bond donors (Lipinski definition) is 0. The molecule has 44 heavy (non-hydrogen) atoms. The topological polar surface area (TPSA) is 76.4 Å². The Morgan fingerprint density at radius 3 is 1.93 bits per heavy atom. The molecule has 5 aromatic rings. The number of para-hydroxylation sites is 1. The van der Waals surface area contributed by atoms with Crippen LogP contribution in [0.25, 0.3) is 17.0 Å². The Hall–Kier alpha value is -4.53. The SMILES string of the molecule is O=c1oc2ccccc2c2c1C=C1[C@@H](O2)O[C@H](COCc2ccccc2)[C@@H](OCc2ccccc2)[C@@H]1OCc1ccccc1. The zero-order chi connectivity index (χ0) is 29.7. The van der Waals surface area contributed by atoms with Gasteiger partial charge in [-0.25, -0.2) is 4.79 Å². The fourth-order valence-corrected chi connectivity index (χ4v) is 5.65. The summed E-state index contributed by atoms with van der Waals surface area (Å²) in [7, 11) is 0. The second-order valence-corrected chi connectivity index (χ2v) is 10.9. The first kappa shape index (κ1) is 28.3. The van der Waals surface area contributed by atoms with Crippen molar-refractivity contribution >= 4 is 17.0 Å². The lowest BCUT2D eigenvalue weighted by atomic mass is 9.92. The zero-order valence-corrected chi connectivity index (χ0v) is 24.0. The molecule has 0 saturated carbocycles. The van der Waals surface area contributed by atoms with Crippen LogP contribution < -0.4 is 10.4 Å². The second kappa shape index (κ2) is 13.0. The molecular weight excluding hydrogens is 556 g/mol. The van der Waals surface area contributed by atoms with E-state index in [9.17, 15) is 4.79 Å². The summed E-state index contributed by atoms with van der Waals surface area (Å²) in [6.07, 6.45) is -0.706. The van der Waals surface area contributed by atoms with Gasteiger partial charge >= 0.3 is 5.63 Å². The molecule has 7 nitrogen and oxygen atoms in total. The van der Waals surface area contributed by atoms with E-state index in [4.69, 9.17) is 28.1 Å². The Balaban J connectivity index is 1.25. The molecule has 0 bridgehead atoms. The monoisotopic (exact) mass is 588 g/mol. The summed E-state index contributed by atoms with van der Waals surface area (Å²) in [5, 5.41) is 0.696. The molecule has 4 atom stereocenters. The van der Waals surface area contributed by atoms with Crippen molar-refractivity contribution in [1.82, 2.24) is 0 Å². The summed E-state index contributed by atoms with van der Waals surface area (Å²) in [5.74, 6) is 0.431. The molecule has 2 aliphatic heterocycles. The zero-order valence-electron chi connectivity index (χ0n) is 24.0. The molecule has 1 aromatic heterocycles. The predicted octanol–water partition coefficient (Wildman–Crippen LogP) is 6.68. The second-order valence-electron chi connectivity index (χ2n) is 10.9. The highest BCUT2D eigenvalue weighted by atomic mass is 16.7. The average Bonchev–Trinajstić information content (AvgIpc) is 3.07. The number of hydrogen-bond acceptors (Lipinski definition) is 7. The van der Waals surface area contributed by atoms with Gasteiger partial charge in [-0.15, -0.1) is 0 Å². The first-order chi connectivity index (χ1) is 21.7. The van der Waals surface area contributed by atoms with Crippen molar-refractivity contribution in [2.75, 3.05) is 6.61 Å². The molecule has 0 N–H and O–H groups in total. The number of fused-ring (bicyclic) bond motifs is 4. The van der Waals surface area contributed by atoms with Crippen LogP contribution in [-0.2, 0) is 38.8 Å². The largest absolute Gasteiger partial charge is 0.459 e. The van der Waals surface area contributed by atoms with Crippen LogP contribution in [0, 0.1) is 0 Å². The van der Waals surface area contributed by atoms with Crippen LogP contribution in [0.15, 0.2) is 130 Å². The highest BCUT2D eigenvalue weighted by Crippen LogP contribution is 2.41. The Bertz CT molecular complexity index is 1780. The standard InChI is InChI=1S/C37H32O7/c38-36-29-20-30-34(40-22-26-14-6-2-7-15-26)35(41-23-27-16-8-3-9-17-27)32(24-39-21-25-12-4-1-5-13-25)43-37(30)44-33(29)28-18-10-11-19-31(28)42-36/h1-20,32,34-35,37H,21-24H2/t32-,34-,35-,37-/m1/s1. The quantitative estimate of drug-likeness (QED) is 0.169. The molecule has 1 fully saturated rings. The number of benzene rings is 4. The normalized spacial score (nSPS) is 20.8. The minimum absolute atomic E-state index is 0.247. The molecule has 0 unspecified atom stereocenters. The van der Waals surface area contributed by atoms with Gasteiger partial charge in [-0.3, -0.25) is 0 Å². The summed E-state index contributed by atoms with van der Waals surface area (Å²) in [5.41, 5.74) is 4.04. The van der Waals surface area contributed by atoms with Crippen LogP contribution in [0.4, 0.5) is 0 Å². The summed E-state index contributed by atoms with van der Waals surface area (Å²) >= 11 is 0. The maximum Gasteiger partial charge on any atom is 0.347 e. The highest BCUT2D eigenvalue weighted by Gasteiger charge is 2.47. The van der Waals surface area contributed by atoms with Crippen molar-refractivity contribution in [3.05, 3.63) is 154 Å². The Labute approximate surface area is 255 Å². The lowest BCUT2D eigenvalue weighted by Crippen LogP contribution is -2.56. The molecule has 0 spiro atoms. The summed E-state index contributed by atoms with van der Waals surface area (Å²) in [6, 6.07) is 37.2. The first-order valence-electron chi connectivity index (χ1n) is 14.7. The van der Waals surface area contributed by atoms with E-state index in [0.717, 1.165) is 16.7 Å². The van der Waals surface area contributed by atoms with Crippen LogP contribution in [0.1, 0.15) is 22.3 Å². The van der Waals surface area contributed by atoms with Gasteiger partial charge in [-0.1, -0.05) is 103 Å². The lowest BCUT2D eigenvalue weighted by molar-refractivity contribution is -0.229. The summed E-state index contributed by atoms with van der Waals surface area (Å²) in [4.78, 5) is 13.1. The molecule has 7 heteroatoms. The maximum atomic E-state index is 13.1. The molecule has 0 radical (unpaired) electrons. The van der Waals surface area contributed by atoms with Crippen LogP contribution in [-0.4, -0.2) is 31.2 Å². The van der Waals surface area contributed by atoms with Crippen LogP contribution in [0.5, 0.6) is 5.75 Å². The van der Waals surface area contributed by atoms with Gasteiger partial charge in [0.15, 0.2) is 0 Å². The third-order valence-corrected chi connectivity index (χ3v) is 7.85. The summed E-state index contributed by atoms with van der Waals surface area (Å²) in [6.45, 7) is 1.34. The smallest absolute Gasteiger partial charge is 0.347 e. The van der Waals surface area contributed by atoms with Gasteiger partial charge in [0.1, 0.15) is 35.2 Å². The van der Waals surface area contributed by atoms with Crippen molar-refractivity contribution < 1.29 is 28.1 Å². The van der Waals surface area contributed by atoms with E-state index in [1.54, 1.807) is 12.1 Å². The Morgan fingerprint density at radius 2 is 1.25 bits per heavy atom. The average molecular weight is 589 g/mol. The molecule has 2 aliphatic rings. The Kier molecular flexibility index (Phi) is 8.34. The van der Waals surface area contributed by atoms with E-state index in [1.807, 2.05) is 109 Å². The van der Waals surface area contributed by atoms with E-state index < -0.39 is 30.2 Å². The van der Waals surface area contributed by atoms with E-state index in [1.165, 1.54) is 0 Å². The molecule has 0 aliphatic carbocycles. The molecule has 222 valence electrons. The maximum absolute atomic E-state index is 13.1. The van der Waals surface area contributed by atoms with Gasteiger partial charge in [0, 0.05) is 5.57 Å². The first-order valence-corrected chi connectivity index (χ1v) is 14.7. The third kappa shape index (κ3) is 6.09. The van der Waals surface area contributed by atoms with Crippen LogP contribution in [0.3, 0.4) is 0 Å². The number of rotatable bonds is 10. The van der Waals surface area contributed by atoms with Gasteiger partial charge < -0.3 is 28.1 Å². The molecule has 0 amide bonds. The van der Waals surface area contributed by atoms with Crippen molar-refractivity contribution in [3.63, 3.8) is 0 Å².